The first-order valence-electron chi connectivity index (χ1n) is 7.30. The summed E-state index contributed by atoms with van der Waals surface area (Å²) in [6, 6.07) is -0.462. The summed E-state index contributed by atoms with van der Waals surface area (Å²) in [7, 11) is 0. The average Bonchev–Trinajstić information content (AvgIpc) is 2.82. The van der Waals surface area contributed by atoms with Crippen molar-refractivity contribution in [3.8, 4) is 0 Å². The van der Waals surface area contributed by atoms with Crippen LogP contribution in [-0.4, -0.2) is 52.0 Å². The van der Waals surface area contributed by atoms with Crippen molar-refractivity contribution < 1.29 is 19.5 Å². The molecule has 2 fully saturated rings. The van der Waals surface area contributed by atoms with E-state index < -0.39 is 23.8 Å². The second-order valence-electron chi connectivity index (χ2n) is 6.09. The summed E-state index contributed by atoms with van der Waals surface area (Å²) in [5.41, 5.74) is 0. The van der Waals surface area contributed by atoms with Crippen LogP contribution >= 0.6 is 11.8 Å². The molecule has 2 aliphatic rings. The molecule has 1 aliphatic carbocycles. The fourth-order valence-electron chi connectivity index (χ4n) is 2.60. The summed E-state index contributed by atoms with van der Waals surface area (Å²) in [6.45, 7) is 4.61. The first kappa shape index (κ1) is 16.1. The monoisotopic (exact) mass is 314 g/mol. The van der Waals surface area contributed by atoms with Gasteiger partial charge >= 0.3 is 5.97 Å². The molecule has 1 heterocycles. The van der Waals surface area contributed by atoms with Crippen LogP contribution in [0.2, 0.25) is 0 Å². The Hall–Kier alpha value is -1.24. The summed E-state index contributed by atoms with van der Waals surface area (Å²) >= 11 is 1.54. The predicted molar refractivity (Wildman–Crippen MR) is 79.7 cm³/mol. The largest absolute Gasteiger partial charge is 0.481 e. The molecule has 2 amide bonds. The third-order valence-electron chi connectivity index (χ3n) is 4.06. The fraction of sp³-hybridized carbons (Fsp3) is 0.786. The zero-order valence-electron chi connectivity index (χ0n) is 12.4. The lowest BCUT2D eigenvalue weighted by Gasteiger charge is -2.36. The van der Waals surface area contributed by atoms with Crippen molar-refractivity contribution in [1.29, 1.82) is 0 Å². The summed E-state index contributed by atoms with van der Waals surface area (Å²) in [5, 5.41) is 11.9. The molecule has 7 heteroatoms. The molecule has 0 bridgehead atoms. The van der Waals surface area contributed by atoms with Crippen LogP contribution in [0.15, 0.2) is 0 Å². The lowest BCUT2D eigenvalue weighted by atomic mass is 9.73. The number of amides is 2. The van der Waals surface area contributed by atoms with Gasteiger partial charge in [-0.1, -0.05) is 13.8 Å². The van der Waals surface area contributed by atoms with Gasteiger partial charge in [-0.2, -0.15) is 0 Å². The van der Waals surface area contributed by atoms with Crippen LogP contribution in [0.25, 0.3) is 0 Å². The number of carboxylic acid groups (broad SMARTS) is 1. The van der Waals surface area contributed by atoms with Crippen LogP contribution in [0.4, 0.5) is 0 Å². The minimum Gasteiger partial charge on any atom is -0.481 e. The van der Waals surface area contributed by atoms with Gasteiger partial charge in [-0.15, -0.1) is 11.8 Å². The smallest absolute Gasteiger partial charge is 0.307 e. The molecule has 21 heavy (non-hydrogen) atoms. The highest BCUT2D eigenvalue weighted by atomic mass is 32.2. The third kappa shape index (κ3) is 3.51. The van der Waals surface area contributed by atoms with Gasteiger partial charge in [0.1, 0.15) is 6.04 Å². The molecule has 0 spiro atoms. The van der Waals surface area contributed by atoms with E-state index in [1.807, 2.05) is 13.8 Å². The van der Waals surface area contributed by atoms with Gasteiger partial charge in [0.2, 0.25) is 11.8 Å². The Morgan fingerprint density at radius 3 is 2.48 bits per heavy atom. The number of nitrogens with zero attached hydrogens (tertiary/aromatic N) is 1. The third-order valence-corrected chi connectivity index (χ3v) is 5.07. The first-order valence-corrected chi connectivity index (χ1v) is 8.46. The second-order valence-corrected chi connectivity index (χ2v) is 7.09. The first-order chi connectivity index (χ1) is 9.91. The maximum Gasteiger partial charge on any atom is 0.307 e. The van der Waals surface area contributed by atoms with Crippen molar-refractivity contribution >= 4 is 29.5 Å². The highest BCUT2D eigenvalue weighted by Gasteiger charge is 2.46. The van der Waals surface area contributed by atoms with Gasteiger partial charge < -0.3 is 15.3 Å². The quantitative estimate of drug-likeness (QED) is 0.783. The molecular weight excluding hydrogens is 292 g/mol. The fourth-order valence-corrected chi connectivity index (χ4v) is 3.77. The molecule has 0 radical (unpaired) electrons. The number of carbonyl (C=O) groups excluding carboxylic acids is 2. The van der Waals surface area contributed by atoms with Crippen molar-refractivity contribution in [2.45, 2.75) is 32.7 Å². The Morgan fingerprint density at radius 2 is 1.95 bits per heavy atom. The number of nitrogens with one attached hydrogen (secondary N) is 1. The van der Waals surface area contributed by atoms with Crippen LogP contribution in [0.1, 0.15) is 26.7 Å². The number of carbonyl (C=O) groups is 3. The highest BCUT2D eigenvalue weighted by Crippen LogP contribution is 2.37. The molecular formula is C14H22N2O4S. The van der Waals surface area contributed by atoms with E-state index in [0.717, 1.165) is 0 Å². The highest BCUT2D eigenvalue weighted by molar-refractivity contribution is 7.99. The van der Waals surface area contributed by atoms with E-state index in [4.69, 9.17) is 5.11 Å². The number of carboxylic acids is 1. The number of hydrogen-bond donors (Lipinski definition) is 2. The van der Waals surface area contributed by atoms with Gasteiger partial charge in [-0.3, -0.25) is 14.4 Å². The maximum absolute atomic E-state index is 12.5. The van der Waals surface area contributed by atoms with E-state index in [2.05, 4.69) is 5.32 Å². The van der Waals surface area contributed by atoms with E-state index in [0.29, 0.717) is 36.9 Å². The minimum absolute atomic E-state index is 0.131. The van der Waals surface area contributed by atoms with Gasteiger partial charge in [0.15, 0.2) is 0 Å². The molecule has 2 rings (SSSR count). The number of rotatable bonds is 5. The molecule has 0 aromatic heterocycles. The lowest BCUT2D eigenvalue weighted by Crippen LogP contribution is -2.52. The number of aliphatic carboxylic acids is 1. The summed E-state index contributed by atoms with van der Waals surface area (Å²) in [6.07, 6.45) is 1.16. The van der Waals surface area contributed by atoms with Crippen LogP contribution in [0, 0.1) is 17.8 Å². The standard InChI is InChI=1S/C14H22N2O4S/c1-8(2)5-15-12(17)11-6-21-7-16(11)13(18)9-3-4-10(9)14(19)20/h8-11H,3-7H2,1-2H3,(H,15,17)(H,19,20). The van der Waals surface area contributed by atoms with Crippen molar-refractivity contribution in [2.24, 2.45) is 17.8 Å². The van der Waals surface area contributed by atoms with E-state index in [9.17, 15) is 14.4 Å². The molecule has 3 unspecified atom stereocenters. The molecule has 1 aliphatic heterocycles. The van der Waals surface area contributed by atoms with Gasteiger partial charge in [0.05, 0.1) is 17.7 Å². The Bertz CT molecular complexity index is 441. The number of hydrogen-bond acceptors (Lipinski definition) is 4. The Morgan fingerprint density at radius 1 is 1.29 bits per heavy atom. The van der Waals surface area contributed by atoms with Crippen LogP contribution in [0.3, 0.4) is 0 Å². The molecule has 0 aromatic rings. The van der Waals surface area contributed by atoms with Gasteiger partial charge in [-0.25, -0.2) is 0 Å². The zero-order chi connectivity index (χ0) is 15.6. The lowest BCUT2D eigenvalue weighted by molar-refractivity contribution is -0.157. The predicted octanol–water partition coefficient (Wildman–Crippen LogP) is 0.771. The van der Waals surface area contributed by atoms with Crippen molar-refractivity contribution in [3.05, 3.63) is 0 Å². The maximum atomic E-state index is 12.5. The summed E-state index contributed by atoms with van der Waals surface area (Å²) in [5.74, 6) is -0.843. The van der Waals surface area contributed by atoms with Crippen molar-refractivity contribution in [2.75, 3.05) is 18.2 Å². The zero-order valence-corrected chi connectivity index (χ0v) is 13.2. The van der Waals surface area contributed by atoms with Crippen LogP contribution < -0.4 is 5.32 Å². The van der Waals surface area contributed by atoms with E-state index in [1.165, 1.54) is 11.8 Å². The molecule has 2 N–H and O–H groups in total. The minimum atomic E-state index is -0.910. The van der Waals surface area contributed by atoms with E-state index in [1.54, 1.807) is 4.90 Å². The van der Waals surface area contributed by atoms with Crippen LogP contribution in [0.5, 0.6) is 0 Å². The summed E-state index contributed by atoms with van der Waals surface area (Å²) in [4.78, 5) is 37.2. The number of thioether (sulfide) groups is 1. The van der Waals surface area contributed by atoms with E-state index >= 15 is 0 Å². The molecule has 0 aromatic carbocycles. The molecule has 118 valence electrons. The average molecular weight is 314 g/mol. The van der Waals surface area contributed by atoms with E-state index in [-0.39, 0.29) is 11.8 Å². The normalized spacial score (nSPS) is 28.3. The van der Waals surface area contributed by atoms with Crippen molar-refractivity contribution in [3.63, 3.8) is 0 Å². The molecule has 1 saturated carbocycles. The Balaban J connectivity index is 1.96. The van der Waals surface area contributed by atoms with Crippen molar-refractivity contribution in [1.82, 2.24) is 10.2 Å². The second kappa shape index (κ2) is 6.68. The van der Waals surface area contributed by atoms with Gasteiger partial charge in [0.25, 0.3) is 0 Å². The SMILES string of the molecule is CC(C)CNC(=O)C1CSCN1C(=O)C1CCC1C(=O)O. The van der Waals surface area contributed by atoms with Gasteiger partial charge in [0, 0.05) is 12.3 Å². The molecule has 3 atom stereocenters. The Kier molecular flexibility index (Phi) is 5.13. The topological polar surface area (TPSA) is 86.7 Å². The molecule has 6 nitrogen and oxygen atoms in total. The van der Waals surface area contributed by atoms with Crippen LogP contribution in [-0.2, 0) is 14.4 Å². The summed E-state index contributed by atoms with van der Waals surface area (Å²) < 4.78 is 0. The van der Waals surface area contributed by atoms with Gasteiger partial charge in [-0.05, 0) is 18.8 Å². The molecule has 1 saturated heterocycles. The Labute approximate surface area is 128 Å².